The van der Waals surface area contributed by atoms with Crippen LogP contribution in [0.4, 0.5) is 5.69 Å². The van der Waals surface area contributed by atoms with E-state index in [-0.39, 0.29) is 18.2 Å². The molecule has 1 aromatic carbocycles. The second kappa shape index (κ2) is 8.59. The molecule has 0 saturated carbocycles. The molecule has 6 heteroatoms. The van der Waals surface area contributed by atoms with Gasteiger partial charge in [-0.3, -0.25) is 14.6 Å². The fraction of sp³-hybridized carbons (Fsp3) is 0.278. The van der Waals surface area contributed by atoms with Crippen molar-refractivity contribution < 1.29 is 9.59 Å². The number of nitrogens with zero attached hydrogens (tertiary/aromatic N) is 2. The first kappa shape index (κ1) is 18.1. The lowest BCUT2D eigenvalue weighted by molar-refractivity contribution is -0.130. The summed E-state index contributed by atoms with van der Waals surface area (Å²) in [4.78, 5) is 29.7. The number of pyridine rings is 1. The van der Waals surface area contributed by atoms with Crippen LogP contribution in [0, 0.1) is 6.92 Å². The number of rotatable bonds is 6. The lowest BCUT2D eigenvalue weighted by Gasteiger charge is -2.20. The highest BCUT2D eigenvalue weighted by Crippen LogP contribution is 2.20. The fourth-order valence-electron chi connectivity index (χ4n) is 2.22. The summed E-state index contributed by atoms with van der Waals surface area (Å²) in [6, 6.07) is 11.2. The maximum Gasteiger partial charge on any atom is 0.226 e. The van der Waals surface area contributed by atoms with Gasteiger partial charge in [-0.05, 0) is 42.8 Å². The number of aromatic nitrogens is 1. The van der Waals surface area contributed by atoms with E-state index in [2.05, 4.69) is 26.2 Å². The van der Waals surface area contributed by atoms with Crippen molar-refractivity contribution in [3.63, 3.8) is 0 Å². The molecule has 0 unspecified atom stereocenters. The first-order valence-electron chi connectivity index (χ1n) is 7.67. The number of nitrogens with one attached hydrogen (secondary N) is 1. The van der Waals surface area contributed by atoms with Crippen LogP contribution in [0.2, 0.25) is 0 Å². The molecule has 1 heterocycles. The van der Waals surface area contributed by atoms with E-state index in [9.17, 15) is 9.59 Å². The SMILES string of the molecule is CC(=O)N(CCC(=O)Nc1ccc(Br)c(C)c1)Cc1ccccn1. The molecule has 0 spiro atoms. The minimum absolute atomic E-state index is 0.0760. The molecule has 0 saturated heterocycles. The van der Waals surface area contributed by atoms with Crippen molar-refractivity contribution >= 4 is 33.4 Å². The minimum atomic E-state index is -0.121. The normalized spacial score (nSPS) is 10.3. The number of carbonyl (C=O) groups excluding carboxylic acids is 2. The molecule has 5 nitrogen and oxygen atoms in total. The van der Waals surface area contributed by atoms with Crippen LogP contribution in [0.15, 0.2) is 47.1 Å². The number of hydrogen-bond donors (Lipinski definition) is 1. The number of amides is 2. The molecule has 0 radical (unpaired) electrons. The summed E-state index contributed by atoms with van der Waals surface area (Å²) < 4.78 is 0.999. The minimum Gasteiger partial charge on any atom is -0.337 e. The summed E-state index contributed by atoms with van der Waals surface area (Å²) in [5.41, 5.74) is 2.60. The Bertz CT molecular complexity index is 719. The van der Waals surface area contributed by atoms with Gasteiger partial charge in [0, 0.05) is 36.2 Å². The number of aryl methyl sites for hydroxylation is 1. The Morgan fingerprint density at radius 3 is 2.67 bits per heavy atom. The van der Waals surface area contributed by atoms with Crippen LogP contribution in [0.25, 0.3) is 0 Å². The number of halogens is 1. The monoisotopic (exact) mass is 389 g/mol. The van der Waals surface area contributed by atoms with Crippen molar-refractivity contribution in [3.8, 4) is 0 Å². The van der Waals surface area contributed by atoms with Crippen LogP contribution >= 0.6 is 15.9 Å². The maximum atomic E-state index is 12.1. The molecule has 0 aliphatic carbocycles. The summed E-state index contributed by atoms with van der Waals surface area (Å²) in [6.45, 7) is 4.22. The zero-order chi connectivity index (χ0) is 17.5. The smallest absolute Gasteiger partial charge is 0.226 e. The molecule has 2 amide bonds. The average molecular weight is 390 g/mol. The zero-order valence-corrected chi connectivity index (χ0v) is 15.3. The lowest BCUT2D eigenvalue weighted by atomic mass is 10.2. The Kier molecular flexibility index (Phi) is 6.49. The van der Waals surface area contributed by atoms with Crippen molar-refractivity contribution in [2.75, 3.05) is 11.9 Å². The fourth-order valence-corrected chi connectivity index (χ4v) is 2.46. The van der Waals surface area contributed by atoms with Gasteiger partial charge in [0.1, 0.15) is 0 Å². The van der Waals surface area contributed by atoms with E-state index in [1.807, 2.05) is 43.3 Å². The predicted molar refractivity (Wildman–Crippen MR) is 97.5 cm³/mol. The Hall–Kier alpha value is -2.21. The van der Waals surface area contributed by atoms with E-state index >= 15 is 0 Å². The molecule has 1 N–H and O–H groups in total. The van der Waals surface area contributed by atoms with Crippen LogP contribution < -0.4 is 5.32 Å². The topological polar surface area (TPSA) is 62.3 Å². The Morgan fingerprint density at radius 2 is 2.04 bits per heavy atom. The van der Waals surface area contributed by atoms with E-state index in [0.717, 1.165) is 21.4 Å². The summed E-state index contributed by atoms with van der Waals surface area (Å²) in [7, 11) is 0. The van der Waals surface area contributed by atoms with Gasteiger partial charge in [0.2, 0.25) is 11.8 Å². The highest BCUT2D eigenvalue weighted by Gasteiger charge is 2.12. The van der Waals surface area contributed by atoms with E-state index in [4.69, 9.17) is 0 Å². The van der Waals surface area contributed by atoms with Crippen LogP contribution in [-0.2, 0) is 16.1 Å². The van der Waals surface area contributed by atoms with Gasteiger partial charge in [-0.1, -0.05) is 22.0 Å². The van der Waals surface area contributed by atoms with E-state index in [1.165, 1.54) is 6.92 Å². The summed E-state index contributed by atoms with van der Waals surface area (Å²) in [5, 5.41) is 2.85. The quantitative estimate of drug-likeness (QED) is 0.821. The van der Waals surface area contributed by atoms with Gasteiger partial charge in [0.05, 0.1) is 12.2 Å². The van der Waals surface area contributed by atoms with Crippen LogP contribution in [0.3, 0.4) is 0 Å². The van der Waals surface area contributed by atoms with Gasteiger partial charge in [-0.15, -0.1) is 0 Å². The summed E-state index contributed by atoms with van der Waals surface area (Å²) in [5.74, 6) is -0.197. The number of benzene rings is 1. The van der Waals surface area contributed by atoms with Gasteiger partial charge in [0.15, 0.2) is 0 Å². The highest BCUT2D eigenvalue weighted by molar-refractivity contribution is 9.10. The molecule has 0 aliphatic heterocycles. The van der Waals surface area contributed by atoms with Crippen molar-refractivity contribution in [1.29, 1.82) is 0 Å². The second-order valence-corrected chi connectivity index (χ2v) is 6.38. The molecule has 1 aromatic heterocycles. The van der Waals surface area contributed by atoms with Crippen molar-refractivity contribution in [2.45, 2.75) is 26.8 Å². The van der Waals surface area contributed by atoms with Crippen LogP contribution in [0.1, 0.15) is 24.6 Å². The van der Waals surface area contributed by atoms with Gasteiger partial charge in [-0.25, -0.2) is 0 Å². The molecular weight excluding hydrogens is 370 g/mol. The first-order valence-corrected chi connectivity index (χ1v) is 8.46. The lowest BCUT2D eigenvalue weighted by Crippen LogP contribution is -2.31. The number of carbonyl (C=O) groups is 2. The molecule has 2 rings (SSSR count). The summed E-state index contributed by atoms with van der Waals surface area (Å²) in [6.07, 6.45) is 1.93. The Balaban J connectivity index is 1.90. The van der Waals surface area contributed by atoms with Crippen molar-refractivity contribution in [2.24, 2.45) is 0 Å². The number of anilines is 1. The molecular formula is C18H20BrN3O2. The first-order chi connectivity index (χ1) is 11.5. The predicted octanol–water partition coefficient (Wildman–Crippen LogP) is 3.53. The molecule has 24 heavy (non-hydrogen) atoms. The largest absolute Gasteiger partial charge is 0.337 e. The molecule has 2 aromatic rings. The standard InChI is InChI=1S/C18H20BrN3O2/c1-13-11-15(6-7-17(13)19)21-18(24)8-10-22(14(2)23)12-16-5-3-4-9-20-16/h3-7,9,11H,8,10,12H2,1-2H3,(H,21,24). The summed E-state index contributed by atoms with van der Waals surface area (Å²) >= 11 is 3.43. The van der Waals surface area contributed by atoms with Crippen molar-refractivity contribution in [3.05, 3.63) is 58.3 Å². The van der Waals surface area contributed by atoms with Gasteiger partial charge in [0.25, 0.3) is 0 Å². The molecule has 0 aliphatic rings. The molecule has 126 valence electrons. The van der Waals surface area contributed by atoms with E-state index in [0.29, 0.717) is 13.1 Å². The Labute approximate surface area is 150 Å². The number of hydrogen-bond acceptors (Lipinski definition) is 3. The van der Waals surface area contributed by atoms with Crippen LogP contribution in [0.5, 0.6) is 0 Å². The third-order valence-corrected chi connectivity index (χ3v) is 4.46. The molecule has 0 bridgehead atoms. The molecule has 0 fully saturated rings. The van der Waals surface area contributed by atoms with Gasteiger partial charge < -0.3 is 10.2 Å². The Morgan fingerprint density at radius 1 is 1.25 bits per heavy atom. The molecule has 0 atom stereocenters. The third kappa shape index (κ3) is 5.45. The van der Waals surface area contributed by atoms with Crippen molar-refractivity contribution in [1.82, 2.24) is 9.88 Å². The van der Waals surface area contributed by atoms with Gasteiger partial charge >= 0.3 is 0 Å². The van der Waals surface area contributed by atoms with Crippen LogP contribution in [-0.4, -0.2) is 28.2 Å². The van der Waals surface area contributed by atoms with E-state index in [1.54, 1.807) is 11.1 Å². The second-order valence-electron chi connectivity index (χ2n) is 5.52. The maximum absolute atomic E-state index is 12.1. The van der Waals surface area contributed by atoms with Gasteiger partial charge in [-0.2, -0.15) is 0 Å². The average Bonchev–Trinajstić information content (AvgIpc) is 2.55. The zero-order valence-electron chi connectivity index (χ0n) is 13.8. The highest BCUT2D eigenvalue weighted by atomic mass is 79.9. The van der Waals surface area contributed by atoms with E-state index < -0.39 is 0 Å². The third-order valence-electron chi connectivity index (χ3n) is 3.57.